The second kappa shape index (κ2) is 19.8. The number of benzene rings is 3. The molecule has 0 spiro atoms. The van der Waals surface area contributed by atoms with E-state index >= 15 is 0 Å². The van der Waals surface area contributed by atoms with Crippen LogP contribution < -0.4 is 19.5 Å². The van der Waals surface area contributed by atoms with E-state index in [1.165, 1.54) is 13.1 Å². The zero-order valence-corrected chi connectivity index (χ0v) is 32.5. The van der Waals surface area contributed by atoms with Crippen LogP contribution in [-0.4, -0.2) is 79.1 Å². The number of aromatic nitrogens is 1. The van der Waals surface area contributed by atoms with Gasteiger partial charge in [0.2, 0.25) is 0 Å². The topological polar surface area (TPSA) is 174 Å². The van der Waals surface area contributed by atoms with Gasteiger partial charge in [0.25, 0.3) is 0 Å². The molecule has 14 heteroatoms. The van der Waals surface area contributed by atoms with Crippen LogP contribution in [-0.2, 0) is 24.6 Å². The molecule has 5 N–H and O–H groups in total. The summed E-state index contributed by atoms with van der Waals surface area (Å²) >= 11 is 13.1. The first kappa shape index (κ1) is 40.9. The Hall–Kier alpha value is -3.85. The first-order valence-electron chi connectivity index (χ1n) is 16.5. The molecule has 0 radical (unpaired) electrons. The molecule has 0 amide bonds. The van der Waals surface area contributed by atoms with Gasteiger partial charge >= 0.3 is 172 Å². The molecule has 1 heterocycles. The van der Waals surface area contributed by atoms with Gasteiger partial charge in [0.15, 0.2) is 0 Å². The number of rotatable bonds is 20. The van der Waals surface area contributed by atoms with E-state index in [-0.39, 0.29) is 42.7 Å². The number of halogens is 2. The van der Waals surface area contributed by atoms with Gasteiger partial charge in [-0.15, -0.1) is 0 Å². The third kappa shape index (κ3) is 10.8. The van der Waals surface area contributed by atoms with Crippen LogP contribution in [0.15, 0.2) is 67.0 Å². The number of aliphatic hydroxyl groups is 3. The van der Waals surface area contributed by atoms with E-state index < -0.39 is 33.9 Å². The second-order valence-electron chi connectivity index (χ2n) is 12.2. The van der Waals surface area contributed by atoms with Crippen LogP contribution in [0.1, 0.15) is 41.2 Å². The van der Waals surface area contributed by atoms with Crippen molar-refractivity contribution in [2.75, 3.05) is 26.4 Å². The fourth-order valence-electron chi connectivity index (χ4n) is 5.10. The Morgan fingerprint density at radius 2 is 1.69 bits per heavy atom. The van der Waals surface area contributed by atoms with E-state index in [0.717, 1.165) is 33.9 Å². The Bertz CT molecular complexity index is 1870. The number of carboxylic acid groups (broad SMARTS) is 1. The van der Waals surface area contributed by atoms with Crippen molar-refractivity contribution in [1.82, 2.24) is 10.3 Å². The SMILES string of the molecule is Cc1c(COc2cc(OCc3cncc(C#N)c3)c(CN[C@](C)(CO)C(=O)O)cc2Cl)cccc1-c1cccc(OCCC[AsH]C(CO)CO)c1Cl. The van der Waals surface area contributed by atoms with Crippen molar-refractivity contribution in [1.29, 1.82) is 5.26 Å². The quantitative estimate of drug-likeness (QED) is 0.0546. The Balaban J connectivity index is 1.53. The molecule has 3 aromatic carbocycles. The van der Waals surface area contributed by atoms with Gasteiger partial charge in [0, 0.05) is 36.1 Å². The normalized spacial score (nSPS) is 12.5. The Morgan fingerprint density at radius 1 is 0.962 bits per heavy atom. The molecule has 4 rings (SSSR count). The molecular weight excluding hydrogens is 772 g/mol. The summed E-state index contributed by atoms with van der Waals surface area (Å²) in [4.78, 5) is 15.9. The van der Waals surface area contributed by atoms with E-state index in [9.17, 15) is 30.5 Å². The molecule has 0 saturated carbocycles. The number of carbonyl (C=O) groups is 1. The zero-order chi connectivity index (χ0) is 37.7. The molecule has 2 atom stereocenters. The maximum atomic E-state index is 11.8. The minimum absolute atomic E-state index is 0.00547. The summed E-state index contributed by atoms with van der Waals surface area (Å²) in [5, 5.41) is 51.8. The monoisotopic (exact) mass is 813 g/mol. The average Bonchev–Trinajstić information content (AvgIpc) is 3.15. The third-order valence-electron chi connectivity index (χ3n) is 8.43. The molecule has 0 aliphatic rings. The van der Waals surface area contributed by atoms with Crippen LogP contribution in [0.25, 0.3) is 11.1 Å². The zero-order valence-electron chi connectivity index (χ0n) is 28.9. The van der Waals surface area contributed by atoms with Gasteiger partial charge in [-0.1, -0.05) is 11.6 Å². The van der Waals surface area contributed by atoms with Gasteiger partial charge in [-0.05, 0) is 19.1 Å². The summed E-state index contributed by atoms with van der Waals surface area (Å²) < 4.78 is 18.4. The van der Waals surface area contributed by atoms with Gasteiger partial charge < -0.3 is 14.9 Å². The van der Waals surface area contributed by atoms with Crippen molar-refractivity contribution in [2.45, 2.75) is 55.5 Å². The molecule has 1 unspecified atom stereocenters. The van der Waals surface area contributed by atoms with Crippen LogP contribution in [0.4, 0.5) is 0 Å². The summed E-state index contributed by atoms with van der Waals surface area (Å²) in [5.74, 6) is 0.0495. The number of aliphatic carboxylic acids is 1. The van der Waals surface area contributed by atoms with Gasteiger partial charge in [-0.3, -0.25) is 15.1 Å². The van der Waals surface area contributed by atoms with Crippen LogP contribution >= 0.6 is 23.2 Å². The molecule has 0 bridgehead atoms. The maximum absolute atomic E-state index is 11.8. The second-order valence-corrected chi connectivity index (χ2v) is 16.6. The molecular formula is C38H42AsCl2N3O8. The van der Waals surface area contributed by atoms with Crippen molar-refractivity contribution < 1.29 is 39.4 Å². The molecule has 52 heavy (non-hydrogen) atoms. The molecule has 0 saturated heterocycles. The Labute approximate surface area is 319 Å². The van der Waals surface area contributed by atoms with Gasteiger partial charge in [-0.25, -0.2) is 0 Å². The molecule has 0 fully saturated rings. The number of ether oxygens (including phenoxy) is 3. The van der Waals surface area contributed by atoms with Crippen LogP contribution in [0.3, 0.4) is 0 Å². The fourth-order valence-corrected chi connectivity index (χ4v) is 7.75. The van der Waals surface area contributed by atoms with E-state index in [1.54, 1.807) is 24.4 Å². The molecule has 11 nitrogen and oxygen atoms in total. The molecule has 0 aliphatic carbocycles. The predicted octanol–water partition coefficient (Wildman–Crippen LogP) is 5.72. The molecule has 0 aliphatic heterocycles. The number of nitriles is 1. The van der Waals surface area contributed by atoms with Crippen molar-refractivity contribution >= 4 is 44.9 Å². The van der Waals surface area contributed by atoms with Crippen LogP contribution in [0, 0.1) is 18.3 Å². The number of nitrogens with one attached hydrogen (secondary N) is 1. The number of hydrogen-bond donors (Lipinski definition) is 5. The molecule has 1 aromatic heterocycles. The Morgan fingerprint density at radius 3 is 2.40 bits per heavy atom. The van der Waals surface area contributed by atoms with E-state index in [1.807, 2.05) is 43.3 Å². The summed E-state index contributed by atoms with van der Waals surface area (Å²) in [6, 6.07) is 18.5. The van der Waals surface area contributed by atoms with Crippen molar-refractivity contribution in [3.05, 3.63) is 105 Å². The summed E-state index contributed by atoms with van der Waals surface area (Å²) in [5.41, 5.74) is 3.50. The summed E-state index contributed by atoms with van der Waals surface area (Å²) in [7, 11) is 0. The van der Waals surface area contributed by atoms with Gasteiger partial charge in [0.1, 0.15) is 29.7 Å². The summed E-state index contributed by atoms with van der Waals surface area (Å²) in [6.07, 6.45) is 3.84. The van der Waals surface area contributed by atoms with E-state index in [4.69, 9.17) is 37.4 Å². The van der Waals surface area contributed by atoms with Crippen LogP contribution in [0.2, 0.25) is 20.0 Å². The predicted molar refractivity (Wildman–Crippen MR) is 201 cm³/mol. The Kier molecular flexibility index (Phi) is 15.6. The number of pyridine rings is 1. The molecule has 4 aromatic rings. The van der Waals surface area contributed by atoms with E-state index in [0.29, 0.717) is 45.6 Å². The summed E-state index contributed by atoms with van der Waals surface area (Å²) in [6.45, 7) is 3.46. The molecule has 276 valence electrons. The van der Waals surface area contributed by atoms with E-state index in [2.05, 4.69) is 16.4 Å². The third-order valence-corrected chi connectivity index (χ3v) is 12.4. The minimum atomic E-state index is -1.60. The number of carboxylic acids is 1. The fraction of sp³-hybridized carbons (Fsp3) is 0.342. The average molecular weight is 815 g/mol. The number of nitrogens with zero attached hydrogens (tertiary/aromatic N) is 2. The van der Waals surface area contributed by atoms with Crippen molar-refractivity contribution in [2.24, 2.45) is 0 Å². The van der Waals surface area contributed by atoms with Gasteiger partial charge in [0.05, 0.1) is 17.2 Å². The van der Waals surface area contributed by atoms with Gasteiger partial charge in [-0.2, -0.15) is 5.26 Å². The standard InChI is InChI=1S/C38H42AsCl2N3O8/c1-24-27(6-3-7-30(24)31-8-4-9-33(36(31)41)50-11-5-10-39-29(19-45)20-46)22-52-35-14-34(51-21-26-12-25(15-42)16-43-17-26)28(13-32(35)40)18-44-38(2,23-47)37(48)49/h3-4,6-9,12-14,16-17,29,39,44-47H,5,10-11,18-23H2,1-2H3,(H,48,49)/t38-/m1/s1. The first-order chi connectivity index (χ1) is 25.0. The number of aliphatic hydroxyl groups excluding tert-OH is 3. The van der Waals surface area contributed by atoms with Crippen LogP contribution in [0.5, 0.6) is 17.2 Å². The number of hydrogen-bond acceptors (Lipinski definition) is 10. The van der Waals surface area contributed by atoms with Crippen molar-refractivity contribution in [3.8, 4) is 34.4 Å². The first-order valence-corrected chi connectivity index (χ1v) is 19.9. The van der Waals surface area contributed by atoms with Crippen molar-refractivity contribution in [3.63, 3.8) is 0 Å².